The summed E-state index contributed by atoms with van der Waals surface area (Å²) in [6, 6.07) is 1.69. The van der Waals surface area contributed by atoms with Crippen molar-refractivity contribution < 1.29 is 28.2 Å². The van der Waals surface area contributed by atoms with E-state index in [9.17, 15) is 18.8 Å². The van der Waals surface area contributed by atoms with Gasteiger partial charge in [-0.15, -0.1) is 11.3 Å². The van der Waals surface area contributed by atoms with Crippen LogP contribution in [-0.4, -0.2) is 50.1 Å². The number of amides is 1. The predicted molar refractivity (Wildman–Crippen MR) is 116 cm³/mol. The fourth-order valence-electron chi connectivity index (χ4n) is 3.09. The van der Waals surface area contributed by atoms with Gasteiger partial charge in [-0.1, -0.05) is 0 Å². The van der Waals surface area contributed by atoms with Gasteiger partial charge in [-0.05, 0) is 26.8 Å². The number of thiophene rings is 1. The lowest BCUT2D eigenvalue weighted by molar-refractivity contribution is -0.138. The Labute approximate surface area is 183 Å². The van der Waals surface area contributed by atoms with Gasteiger partial charge >= 0.3 is 11.9 Å². The Morgan fingerprint density at radius 3 is 2.63 bits per heavy atom. The summed E-state index contributed by atoms with van der Waals surface area (Å²) in [4.78, 5) is 37.9. The van der Waals surface area contributed by atoms with Crippen molar-refractivity contribution in [2.45, 2.75) is 27.2 Å². The summed E-state index contributed by atoms with van der Waals surface area (Å²) in [7, 11) is 1.27. The zero-order valence-corrected chi connectivity index (χ0v) is 19.0. The highest BCUT2D eigenvalue weighted by atomic mass is 32.2. The van der Waals surface area contributed by atoms with Gasteiger partial charge in [0, 0.05) is 40.7 Å². The first-order valence-corrected chi connectivity index (χ1v) is 11.3. The quantitative estimate of drug-likeness (QED) is 0.329. The zero-order chi connectivity index (χ0) is 22.3. The van der Waals surface area contributed by atoms with E-state index in [4.69, 9.17) is 9.47 Å². The molecule has 0 saturated carbocycles. The summed E-state index contributed by atoms with van der Waals surface area (Å²) in [6.45, 7) is 5.83. The average Bonchev–Trinajstić information content (AvgIpc) is 3.05. The molecule has 1 aromatic heterocycles. The zero-order valence-electron chi connectivity index (χ0n) is 17.4. The normalized spacial score (nSPS) is 14.1. The molecule has 2 rings (SSSR count). The average molecular weight is 457 g/mol. The minimum absolute atomic E-state index is 0.0427. The van der Waals surface area contributed by atoms with Crippen LogP contribution in [0.25, 0.3) is 0 Å². The number of allylic oxidation sites excluding steroid dienone is 1. The third-order valence-corrected chi connectivity index (χ3v) is 6.24. The molecule has 1 aromatic rings. The van der Waals surface area contributed by atoms with Gasteiger partial charge in [0.05, 0.1) is 30.6 Å². The molecule has 0 bridgehead atoms. The summed E-state index contributed by atoms with van der Waals surface area (Å²) >= 11 is 2.48. The molecule has 1 amide bonds. The Balaban J connectivity index is 2.55. The molecular weight excluding hydrogens is 431 g/mol. The second-order valence-electron chi connectivity index (χ2n) is 6.35. The van der Waals surface area contributed by atoms with Crippen LogP contribution in [0.3, 0.4) is 0 Å². The minimum atomic E-state index is -0.575. The van der Waals surface area contributed by atoms with Crippen LogP contribution < -0.4 is 10.2 Å². The smallest absolute Gasteiger partial charge is 0.336 e. The fraction of sp³-hybridized carbons (Fsp3) is 0.450. The van der Waals surface area contributed by atoms with Crippen molar-refractivity contribution in [3.8, 4) is 0 Å². The first-order chi connectivity index (χ1) is 14.3. The number of hydrogen-bond donors (Lipinski definition) is 1. The number of hydrogen-bond acceptors (Lipinski definition) is 8. The fourth-order valence-corrected chi connectivity index (χ4v) is 4.70. The Hall–Kier alpha value is -2.33. The van der Waals surface area contributed by atoms with Crippen LogP contribution in [0.5, 0.6) is 0 Å². The van der Waals surface area contributed by atoms with Crippen LogP contribution in [-0.2, 0) is 23.9 Å². The first kappa shape index (κ1) is 23.9. The molecule has 7 nitrogen and oxygen atoms in total. The molecule has 0 saturated heterocycles. The van der Waals surface area contributed by atoms with Crippen molar-refractivity contribution in [1.82, 2.24) is 5.32 Å². The van der Waals surface area contributed by atoms with E-state index in [0.29, 0.717) is 41.4 Å². The topological polar surface area (TPSA) is 84.9 Å². The molecule has 164 valence electrons. The molecular formula is C20H25FN2O5S2. The molecule has 30 heavy (non-hydrogen) atoms. The van der Waals surface area contributed by atoms with Crippen LogP contribution in [0.15, 0.2) is 28.6 Å². The maximum absolute atomic E-state index is 14.8. The largest absolute Gasteiger partial charge is 0.466 e. The number of carbonyl (C=O) groups is 3. The molecule has 1 N–H and O–H groups in total. The predicted octanol–water partition coefficient (Wildman–Crippen LogP) is 3.15. The standard InChI is InChI=1S/C20H25FN2O5S2/c1-5-28-20(26)15-9-14(19(25)27-4)13(3)23(16-8-12(2)30-18(16)21)17(15)10-29-7-6-22-11-24/h8,11H,5-7,9-10H2,1-4H3,(H,22,24). The van der Waals surface area contributed by atoms with Crippen molar-refractivity contribution in [2.24, 2.45) is 0 Å². The van der Waals surface area contributed by atoms with Crippen molar-refractivity contribution >= 4 is 47.1 Å². The number of thioether (sulfide) groups is 1. The van der Waals surface area contributed by atoms with Gasteiger partial charge in [0.2, 0.25) is 11.5 Å². The van der Waals surface area contributed by atoms with E-state index in [1.165, 1.54) is 18.9 Å². The molecule has 0 unspecified atom stereocenters. The van der Waals surface area contributed by atoms with Crippen molar-refractivity contribution in [3.05, 3.63) is 38.6 Å². The third kappa shape index (κ3) is 5.42. The van der Waals surface area contributed by atoms with E-state index in [1.807, 2.05) is 0 Å². The van der Waals surface area contributed by atoms with Crippen LogP contribution in [0.1, 0.15) is 25.1 Å². The number of methoxy groups -OCH3 is 1. The van der Waals surface area contributed by atoms with Crippen molar-refractivity contribution in [3.63, 3.8) is 0 Å². The van der Waals surface area contributed by atoms with Crippen LogP contribution in [0.4, 0.5) is 10.1 Å². The molecule has 0 fully saturated rings. The number of aryl methyl sites for hydroxylation is 1. The Bertz CT molecular complexity index is 879. The number of nitrogens with zero attached hydrogens (tertiary/aromatic N) is 1. The number of carbonyl (C=O) groups excluding carboxylic acids is 3. The highest BCUT2D eigenvalue weighted by Gasteiger charge is 2.35. The summed E-state index contributed by atoms with van der Waals surface area (Å²) in [5, 5.41) is 2.17. The molecule has 1 aliphatic rings. The molecule has 1 aliphatic heterocycles. The summed E-state index contributed by atoms with van der Waals surface area (Å²) in [5.41, 5.74) is 1.92. The molecule has 0 aromatic carbocycles. The van der Waals surface area contributed by atoms with Crippen molar-refractivity contribution in [1.29, 1.82) is 0 Å². The molecule has 0 spiro atoms. The summed E-state index contributed by atoms with van der Waals surface area (Å²) in [5.74, 6) is -0.155. The van der Waals surface area contributed by atoms with Gasteiger partial charge in [0.15, 0.2) is 0 Å². The SMILES string of the molecule is CCOC(=O)C1=C(CSCCNC=O)N(c2cc(C)sc2F)C(C)=C(C(=O)OC)C1. The number of ether oxygens (including phenoxy) is 2. The highest BCUT2D eigenvalue weighted by Crippen LogP contribution is 2.40. The number of rotatable bonds is 10. The van der Waals surface area contributed by atoms with Crippen LogP contribution in [0.2, 0.25) is 0 Å². The van der Waals surface area contributed by atoms with E-state index >= 15 is 0 Å². The monoisotopic (exact) mass is 456 g/mol. The van der Waals surface area contributed by atoms with Gasteiger partial charge in [-0.2, -0.15) is 16.2 Å². The van der Waals surface area contributed by atoms with Gasteiger partial charge in [0.25, 0.3) is 0 Å². The van der Waals surface area contributed by atoms with E-state index in [2.05, 4.69) is 5.32 Å². The number of anilines is 1. The van der Waals surface area contributed by atoms with E-state index < -0.39 is 17.1 Å². The lowest BCUT2D eigenvalue weighted by atomic mass is 9.96. The second kappa shape index (κ2) is 11.2. The lowest BCUT2D eigenvalue weighted by Crippen LogP contribution is -2.33. The van der Waals surface area contributed by atoms with Crippen LogP contribution >= 0.6 is 23.1 Å². The van der Waals surface area contributed by atoms with Gasteiger partial charge in [-0.25, -0.2) is 9.59 Å². The Kier molecular flexibility index (Phi) is 8.91. The number of nitrogens with one attached hydrogen (secondary N) is 1. The Morgan fingerprint density at radius 2 is 2.07 bits per heavy atom. The molecule has 10 heteroatoms. The van der Waals surface area contributed by atoms with E-state index in [-0.39, 0.29) is 24.3 Å². The lowest BCUT2D eigenvalue weighted by Gasteiger charge is -2.34. The van der Waals surface area contributed by atoms with Gasteiger partial charge in [-0.3, -0.25) is 4.79 Å². The molecule has 0 aliphatic carbocycles. The van der Waals surface area contributed by atoms with Crippen LogP contribution in [0, 0.1) is 12.1 Å². The molecule has 0 atom stereocenters. The van der Waals surface area contributed by atoms with Gasteiger partial charge in [0.1, 0.15) is 0 Å². The van der Waals surface area contributed by atoms with E-state index in [0.717, 1.165) is 16.2 Å². The molecule has 2 heterocycles. The highest BCUT2D eigenvalue weighted by molar-refractivity contribution is 7.99. The Morgan fingerprint density at radius 1 is 1.33 bits per heavy atom. The second-order valence-corrected chi connectivity index (χ2v) is 8.67. The summed E-state index contributed by atoms with van der Waals surface area (Å²) in [6.07, 6.45) is 0.664. The number of halogens is 1. The maximum Gasteiger partial charge on any atom is 0.336 e. The number of esters is 2. The maximum atomic E-state index is 14.8. The van der Waals surface area contributed by atoms with E-state index in [1.54, 1.807) is 31.7 Å². The summed E-state index contributed by atoms with van der Waals surface area (Å²) < 4.78 is 24.9. The van der Waals surface area contributed by atoms with Gasteiger partial charge < -0.3 is 19.7 Å². The molecule has 0 radical (unpaired) electrons. The third-order valence-electron chi connectivity index (χ3n) is 4.44. The minimum Gasteiger partial charge on any atom is -0.466 e. The van der Waals surface area contributed by atoms with Crippen molar-refractivity contribution in [2.75, 3.05) is 36.7 Å². The first-order valence-electron chi connectivity index (χ1n) is 9.33.